The molecule has 4 nitrogen and oxygen atoms in total. The van der Waals surface area contributed by atoms with Crippen molar-refractivity contribution in [2.75, 3.05) is 7.11 Å². The molecule has 0 spiro atoms. The van der Waals surface area contributed by atoms with Crippen molar-refractivity contribution < 1.29 is 9.47 Å². The molecule has 0 aliphatic carbocycles. The fourth-order valence-corrected chi connectivity index (χ4v) is 3.80. The Balaban J connectivity index is 1.61. The Hall–Kier alpha value is -2.50. The summed E-state index contributed by atoms with van der Waals surface area (Å²) in [6.45, 7) is 2.49. The number of halogens is 2. The minimum absolute atomic E-state index is 0.438. The lowest BCUT2D eigenvalue weighted by atomic mass is 10.1. The quantitative estimate of drug-likeness (QED) is 0.352. The number of aryl methyl sites for hydroxylation is 1. The number of hydrogen-bond donors (Lipinski definition) is 0. The van der Waals surface area contributed by atoms with Gasteiger partial charge in [0.05, 0.1) is 17.3 Å². The number of nitrogens with zero attached hydrogens (tertiary/aromatic N) is 2. The number of aromatic nitrogens is 2. The molecule has 4 rings (SSSR count). The van der Waals surface area contributed by atoms with Gasteiger partial charge in [0.1, 0.15) is 6.61 Å². The molecule has 0 amide bonds. The van der Waals surface area contributed by atoms with E-state index in [9.17, 15) is 0 Å². The molecule has 6 heteroatoms. The predicted molar refractivity (Wildman–Crippen MR) is 115 cm³/mol. The Kier molecular flexibility index (Phi) is 5.29. The minimum atomic E-state index is 0.438. The van der Waals surface area contributed by atoms with E-state index in [1.54, 1.807) is 7.11 Å². The third-order valence-electron chi connectivity index (χ3n) is 4.41. The first-order valence-electron chi connectivity index (χ1n) is 8.74. The summed E-state index contributed by atoms with van der Waals surface area (Å²) in [5.41, 5.74) is 4.91. The molecule has 0 radical (unpaired) electrons. The number of benzene rings is 2. The van der Waals surface area contributed by atoms with Gasteiger partial charge in [0.15, 0.2) is 17.1 Å². The maximum Gasteiger partial charge on any atom is 0.161 e. The van der Waals surface area contributed by atoms with E-state index < -0.39 is 0 Å². The van der Waals surface area contributed by atoms with Gasteiger partial charge in [-0.15, -0.1) is 0 Å². The van der Waals surface area contributed by atoms with Crippen LogP contribution in [0.4, 0.5) is 0 Å². The normalized spacial score (nSPS) is 11.0. The fourth-order valence-electron chi connectivity index (χ4n) is 3.02. The molecule has 4 aromatic rings. The number of hydrogen-bond acceptors (Lipinski definition) is 3. The highest BCUT2D eigenvalue weighted by Gasteiger charge is 2.12. The summed E-state index contributed by atoms with van der Waals surface area (Å²) in [7, 11) is 1.64. The van der Waals surface area contributed by atoms with Crippen molar-refractivity contribution in [2.24, 2.45) is 0 Å². The number of pyridine rings is 1. The number of imidazole rings is 1. The molecular weight excluding hydrogens is 440 g/mol. The second kappa shape index (κ2) is 7.86. The average molecular weight is 458 g/mol. The van der Waals surface area contributed by atoms with Crippen molar-refractivity contribution in [3.05, 3.63) is 81.5 Å². The number of methoxy groups -OCH3 is 1. The highest BCUT2D eigenvalue weighted by atomic mass is 79.9. The van der Waals surface area contributed by atoms with Crippen LogP contribution in [0.1, 0.15) is 11.1 Å². The number of ether oxygens (including phenoxy) is 2. The molecule has 0 fully saturated rings. The van der Waals surface area contributed by atoms with Crippen LogP contribution in [0.2, 0.25) is 5.02 Å². The monoisotopic (exact) mass is 456 g/mol. The maximum absolute atomic E-state index is 5.94. The first-order valence-corrected chi connectivity index (χ1v) is 9.91. The van der Waals surface area contributed by atoms with Gasteiger partial charge in [0.2, 0.25) is 0 Å². The lowest BCUT2D eigenvalue weighted by Crippen LogP contribution is -1.97. The van der Waals surface area contributed by atoms with Crippen LogP contribution in [0.25, 0.3) is 16.9 Å². The first kappa shape index (κ1) is 18.8. The molecule has 0 N–H and O–H groups in total. The van der Waals surface area contributed by atoms with Gasteiger partial charge in [-0.25, -0.2) is 4.98 Å². The molecular formula is C22H18BrClN2O2. The first-order chi connectivity index (χ1) is 13.5. The Bertz CT molecular complexity index is 1140. The zero-order chi connectivity index (χ0) is 19.7. The molecule has 0 aliphatic heterocycles. The van der Waals surface area contributed by atoms with Crippen LogP contribution >= 0.6 is 27.5 Å². The van der Waals surface area contributed by atoms with Crippen molar-refractivity contribution >= 4 is 33.2 Å². The smallest absolute Gasteiger partial charge is 0.161 e. The van der Waals surface area contributed by atoms with Crippen molar-refractivity contribution in [3.8, 4) is 22.8 Å². The van der Waals surface area contributed by atoms with Gasteiger partial charge in [-0.1, -0.05) is 23.7 Å². The highest BCUT2D eigenvalue weighted by molar-refractivity contribution is 9.10. The summed E-state index contributed by atoms with van der Waals surface area (Å²) in [5, 5.41) is 0.708. The van der Waals surface area contributed by atoms with E-state index in [0.29, 0.717) is 23.1 Å². The molecule has 0 aliphatic rings. The van der Waals surface area contributed by atoms with E-state index >= 15 is 0 Å². The largest absolute Gasteiger partial charge is 0.493 e. The van der Waals surface area contributed by atoms with Crippen LogP contribution < -0.4 is 9.47 Å². The van der Waals surface area contributed by atoms with E-state index in [2.05, 4.69) is 35.1 Å². The molecule has 0 atom stereocenters. The zero-order valence-electron chi connectivity index (χ0n) is 15.4. The van der Waals surface area contributed by atoms with Crippen molar-refractivity contribution in [3.63, 3.8) is 0 Å². The van der Waals surface area contributed by atoms with Crippen LogP contribution in [0.5, 0.6) is 11.5 Å². The van der Waals surface area contributed by atoms with Gasteiger partial charge in [-0.05, 0) is 70.4 Å². The summed E-state index contributed by atoms with van der Waals surface area (Å²) >= 11 is 9.51. The van der Waals surface area contributed by atoms with E-state index in [-0.39, 0.29) is 0 Å². The molecule has 0 saturated carbocycles. The van der Waals surface area contributed by atoms with Crippen LogP contribution in [0, 0.1) is 6.92 Å². The Labute approximate surface area is 176 Å². The summed E-state index contributed by atoms with van der Waals surface area (Å²) in [5.74, 6) is 1.35. The topological polar surface area (TPSA) is 35.8 Å². The van der Waals surface area contributed by atoms with Gasteiger partial charge < -0.3 is 13.9 Å². The van der Waals surface area contributed by atoms with Crippen molar-refractivity contribution in [1.29, 1.82) is 0 Å². The fraction of sp³-hybridized carbons (Fsp3) is 0.136. The van der Waals surface area contributed by atoms with E-state index in [1.807, 2.05) is 53.1 Å². The van der Waals surface area contributed by atoms with Gasteiger partial charge in [-0.2, -0.15) is 0 Å². The summed E-state index contributed by atoms with van der Waals surface area (Å²) in [4.78, 5) is 4.74. The molecule has 142 valence electrons. The molecule has 0 saturated heterocycles. The van der Waals surface area contributed by atoms with Gasteiger partial charge in [0.25, 0.3) is 0 Å². The maximum atomic E-state index is 5.94. The average Bonchev–Trinajstić information content (AvgIpc) is 3.12. The molecule has 28 heavy (non-hydrogen) atoms. The summed E-state index contributed by atoms with van der Waals surface area (Å²) < 4.78 is 14.5. The van der Waals surface area contributed by atoms with E-state index in [1.165, 1.54) is 0 Å². The Morgan fingerprint density at radius 2 is 1.82 bits per heavy atom. The van der Waals surface area contributed by atoms with Crippen LogP contribution in [0.15, 0.2) is 65.4 Å². The van der Waals surface area contributed by atoms with Gasteiger partial charge >= 0.3 is 0 Å². The van der Waals surface area contributed by atoms with Crippen molar-refractivity contribution in [2.45, 2.75) is 13.5 Å². The third kappa shape index (κ3) is 3.86. The summed E-state index contributed by atoms with van der Waals surface area (Å²) in [6, 6.07) is 15.5. The van der Waals surface area contributed by atoms with Crippen LogP contribution in [0.3, 0.4) is 0 Å². The standard InChI is InChI=1S/C22H18BrClN2O2/c1-14-9-18(23)22-25-19(12-26(22)11-14)16-5-8-20(21(10-16)27-2)28-13-15-3-6-17(24)7-4-15/h3-12H,13H2,1-2H3. The van der Waals surface area contributed by atoms with Crippen molar-refractivity contribution in [1.82, 2.24) is 9.38 Å². The van der Waals surface area contributed by atoms with E-state index in [4.69, 9.17) is 26.1 Å². The zero-order valence-corrected chi connectivity index (χ0v) is 17.8. The number of rotatable bonds is 5. The molecule has 2 heterocycles. The molecule has 2 aromatic carbocycles. The molecule has 2 aromatic heterocycles. The lowest BCUT2D eigenvalue weighted by Gasteiger charge is -2.12. The SMILES string of the molecule is COc1cc(-c2cn3cc(C)cc(Br)c3n2)ccc1OCc1ccc(Cl)cc1. The third-order valence-corrected chi connectivity index (χ3v) is 5.25. The van der Waals surface area contributed by atoms with Crippen LogP contribution in [-0.4, -0.2) is 16.5 Å². The lowest BCUT2D eigenvalue weighted by molar-refractivity contribution is 0.284. The van der Waals surface area contributed by atoms with Gasteiger partial charge in [0, 0.05) is 23.0 Å². The molecule has 0 bridgehead atoms. The summed E-state index contributed by atoms with van der Waals surface area (Å²) in [6.07, 6.45) is 4.06. The Morgan fingerprint density at radius 3 is 2.57 bits per heavy atom. The van der Waals surface area contributed by atoms with E-state index in [0.717, 1.165) is 32.5 Å². The second-order valence-electron chi connectivity index (χ2n) is 6.50. The Morgan fingerprint density at radius 1 is 1.04 bits per heavy atom. The minimum Gasteiger partial charge on any atom is -0.493 e. The predicted octanol–water partition coefficient (Wildman–Crippen LogP) is 6.31. The van der Waals surface area contributed by atoms with Gasteiger partial charge in [-0.3, -0.25) is 0 Å². The number of fused-ring (bicyclic) bond motifs is 1. The van der Waals surface area contributed by atoms with Crippen LogP contribution in [-0.2, 0) is 6.61 Å². The highest BCUT2D eigenvalue weighted by Crippen LogP contribution is 2.33. The molecule has 0 unspecified atom stereocenters. The second-order valence-corrected chi connectivity index (χ2v) is 7.79.